The molecule has 24 heavy (non-hydrogen) atoms. The normalized spacial score (nSPS) is 17.9. The van der Waals surface area contributed by atoms with E-state index < -0.39 is 0 Å². The van der Waals surface area contributed by atoms with Crippen LogP contribution in [0, 0.1) is 0 Å². The molecule has 122 valence electrons. The van der Waals surface area contributed by atoms with Crippen LogP contribution >= 0.6 is 23.4 Å². The van der Waals surface area contributed by atoms with E-state index in [1.807, 2.05) is 36.0 Å². The van der Waals surface area contributed by atoms with E-state index in [0.717, 1.165) is 5.69 Å². The summed E-state index contributed by atoms with van der Waals surface area (Å²) in [5, 5.41) is 0.867. The lowest BCUT2D eigenvalue weighted by Gasteiger charge is -2.12. The first-order valence-electron chi connectivity index (χ1n) is 7.23. The van der Waals surface area contributed by atoms with Crippen molar-refractivity contribution in [2.75, 3.05) is 6.54 Å². The van der Waals surface area contributed by atoms with Crippen molar-refractivity contribution < 1.29 is 4.79 Å². The minimum atomic E-state index is -0.0973. The molecule has 3 rings (SSSR count). The lowest BCUT2D eigenvalue weighted by Crippen LogP contribution is -2.29. The number of aryl methyl sites for hydroxylation is 1. The third-order valence-electron chi connectivity index (χ3n) is 3.42. The van der Waals surface area contributed by atoms with Crippen LogP contribution in [0.5, 0.6) is 0 Å². The van der Waals surface area contributed by atoms with E-state index >= 15 is 0 Å². The largest absolute Gasteiger partial charge is 0.351 e. The monoisotopic (exact) mass is 358 g/mol. The molecule has 1 fully saturated rings. The third kappa shape index (κ3) is 3.29. The molecule has 0 aromatic carbocycles. The number of nitrogens with zero attached hydrogens (tertiary/aromatic N) is 4. The standard InChI is InChI=1S/C17H15ClN4OS/c1-3-9-22-16(23)14(11-12-6-5-10-21(12)2)24-17(22)20-13-7-4-8-19-15(13)18/h3-8,10-11H,1,9H2,2H3/b14-11+,20-17?. The van der Waals surface area contributed by atoms with Gasteiger partial charge in [0.25, 0.3) is 5.91 Å². The maximum absolute atomic E-state index is 12.7. The van der Waals surface area contributed by atoms with Crippen molar-refractivity contribution in [2.45, 2.75) is 0 Å². The Morgan fingerprint density at radius 3 is 2.92 bits per heavy atom. The maximum atomic E-state index is 12.7. The van der Waals surface area contributed by atoms with Crippen LogP contribution in [0.3, 0.4) is 0 Å². The number of aromatic nitrogens is 2. The molecule has 0 spiro atoms. The van der Waals surface area contributed by atoms with E-state index in [2.05, 4.69) is 16.6 Å². The predicted molar refractivity (Wildman–Crippen MR) is 99.2 cm³/mol. The first kappa shape index (κ1) is 16.5. The van der Waals surface area contributed by atoms with Crippen molar-refractivity contribution in [2.24, 2.45) is 12.0 Å². The van der Waals surface area contributed by atoms with E-state index in [1.165, 1.54) is 11.8 Å². The topological polar surface area (TPSA) is 50.5 Å². The highest BCUT2D eigenvalue weighted by Gasteiger charge is 2.32. The Hall–Kier alpha value is -2.31. The minimum Gasteiger partial charge on any atom is -0.351 e. The van der Waals surface area contributed by atoms with E-state index in [9.17, 15) is 4.79 Å². The van der Waals surface area contributed by atoms with Crippen LogP contribution in [0.25, 0.3) is 6.08 Å². The second-order valence-corrected chi connectivity index (χ2v) is 6.43. The fourth-order valence-electron chi connectivity index (χ4n) is 2.20. The average Bonchev–Trinajstić information content (AvgIpc) is 3.09. The Morgan fingerprint density at radius 1 is 1.42 bits per heavy atom. The highest BCUT2D eigenvalue weighted by Crippen LogP contribution is 2.35. The summed E-state index contributed by atoms with van der Waals surface area (Å²) in [4.78, 5) is 23.4. The number of aliphatic imine (C=N–C) groups is 1. The van der Waals surface area contributed by atoms with Gasteiger partial charge in [-0.15, -0.1) is 6.58 Å². The summed E-state index contributed by atoms with van der Waals surface area (Å²) < 4.78 is 1.95. The molecule has 0 radical (unpaired) electrons. The van der Waals surface area contributed by atoms with Crippen molar-refractivity contribution in [3.05, 3.63) is 65.1 Å². The maximum Gasteiger partial charge on any atom is 0.267 e. The first-order valence-corrected chi connectivity index (χ1v) is 8.42. The summed E-state index contributed by atoms with van der Waals surface area (Å²) in [5.41, 5.74) is 1.48. The summed E-state index contributed by atoms with van der Waals surface area (Å²) >= 11 is 7.38. The van der Waals surface area contributed by atoms with Gasteiger partial charge in [-0.1, -0.05) is 17.7 Å². The number of amides is 1. The number of pyridine rings is 1. The van der Waals surface area contributed by atoms with Crippen LogP contribution in [-0.2, 0) is 11.8 Å². The molecule has 3 heterocycles. The zero-order valence-electron chi connectivity index (χ0n) is 13.0. The quantitative estimate of drug-likeness (QED) is 0.473. The lowest BCUT2D eigenvalue weighted by molar-refractivity contribution is -0.121. The van der Waals surface area contributed by atoms with Gasteiger partial charge in [-0.3, -0.25) is 9.69 Å². The Morgan fingerprint density at radius 2 is 2.25 bits per heavy atom. The Balaban J connectivity index is 1.99. The Kier molecular flexibility index (Phi) is 4.87. The zero-order chi connectivity index (χ0) is 17.1. The van der Waals surface area contributed by atoms with Crippen molar-refractivity contribution in [3.8, 4) is 0 Å². The smallest absolute Gasteiger partial charge is 0.267 e. The van der Waals surface area contributed by atoms with Crippen molar-refractivity contribution in [1.29, 1.82) is 0 Å². The molecule has 1 aliphatic heterocycles. The van der Waals surface area contributed by atoms with Crippen molar-refractivity contribution in [3.63, 3.8) is 0 Å². The molecule has 0 N–H and O–H groups in total. The number of hydrogen-bond acceptors (Lipinski definition) is 4. The van der Waals surface area contributed by atoms with Crippen molar-refractivity contribution >= 4 is 46.2 Å². The van der Waals surface area contributed by atoms with Crippen LogP contribution in [0.15, 0.2) is 59.2 Å². The number of amidine groups is 1. The van der Waals surface area contributed by atoms with Gasteiger partial charge in [0.2, 0.25) is 0 Å². The molecule has 0 unspecified atom stereocenters. The Bertz CT molecular complexity index is 856. The fraction of sp³-hybridized carbons (Fsp3) is 0.118. The molecule has 1 saturated heterocycles. The number of hydrogen-bond donors (Lipinski definition) is 0. The molecule has 0 aliphatic carbocycles. The average molecular weight is 359 g/mol. The summed E-state index contributed by atoms with van der Waals surface area (Å²) in [6, 6.07) is 7.40. The van der Waals surface area contributed by atoms with Gasteiger partial charge in [-0.25, -0.2) is 9.98 Å². The SMILES string of the molecule is C=CCN1C(=O)/C(=C\c2cccn2C)SC1=Nc1cccnc1Cl. The van der Waals surface area contributed by atoms with Gasteiger partial charge >= 0.3 is 0 Å². The number of carbonyl (C=O) groups is 1. The van der Waals surface area contributed by atoms with Crippen LogP contribution < -0.4 is 0 Å². The third-order valence-corrected chi connectivity index (χ3v) is 4.72. The molecule has 0 saturated carbocycles. The van der Waals surface area contributed by atoms with Crippen molar-refractivity contribution in [1.82, 2.24) is 14.5 Å². The number of rotatable bonds is 4. The predicted octanol–water partition coefficient (Wildman–Crippen LogP) is 3.86. The second-order valence-electron chi connectivity index (χ2n) is 5.07. The molecule has 2 aromatic rings. The van der Waals surface area contributed by atoms with Gasteiger partial charge in [0.15, 0.2) is 10.3 Å². The highest BCUT2D eigenvalue weighted by atomic mass is 35.5. The summed E-state index contributed by atoms with van der Waals surface area (Å²) in [5.74, 6) is -0.0973. The van der Waals surface area contributed by atoms with E-state index in [-0.39, 0.29) is 5.91 Å². The molecular weight excluding hydrogens is 344 g/mol. The van der Waals surface area contributed by atoms with Gasteiger partial charge in [0.1, 0.15) is 5.69 Å². The molecule has 1 aliphatic rings. The van der Waals surface area contributed by atoms with Crippen LogP contribution in [0.4, 0.5) is 5.69 Å². The summed E-state index contributed by atoms with van der Waals surface area (Å²) in [6.45, 7) is 4.09. The Labute approximate surface area is 149 Å². The summed E-state index contributed by atoms with van der Waals surface area (Å²) in [6.07, 6.45) is 7.06. The lowest BCUT2D eigenvalue weighted by atomic mass is 10.3. The van der Waals surface area contributed by atoms with E-state index in [0.29, 0.717) is 27.5 Å². The molecule has 2 aromatic heterocycles. The van der Waals surface area contributed by atoms with Gasteiger partial charge in [0.05, 0.1) is 4.91 Å². The number of thioether (sulfide) groups is 1. The fourth-order valence-corrected chi connectivity index (χ4v) is 3.35. The molecule has 5 nitrogen and oxygen atoms in total. The van der Waals surface area contributed by atoms with E-state index in [4.69, 9.17) is 11.6 Å². The molecule has 7 heteroatoms. The summed E-state index contributed by atoms with van der Waals surface area (Å²) in [7, 11) is 1.93. The van der Waals surface area contributed by atoms with Crippen LogP contribution in [-0.4, -0.2) is 32.1 Å². The number of halogens is 1. The minimum absolute atomic E-state index is 0.0973. The number of carbonyl (C=O) groups excluding carboxylic acids is 1. The zero-order valence-corrected chi connectivity index (χ0v) is 14.6. The molecule has 1 amide bonds. The van der Waals surface area contributed by atoms with Crippen LogP contribution in [0.1, 0.15) is 5.69 Å². The van der Waals surface area contributed by atoms with E-state index in [1.54, 1.807) is 29.3 Å². The molecule has 0 atom stereocenters. The van der Waals surface area contributed by atoms with Gasteiger partial charge in [0, 0.05) is 31.7 Å². The molecular formula is C17H15ClN4OS. The van der Waals surface area contributed by atoms with Crippen LogP contribution in [0.2, 0.25) is 5.15 Å². The first-order chi connectivity index (χ1) is 11.6. The van der Waals surface area contributed by atoms with Gasteiger partial charge in [-0.2, -0.15) is 0 Å². The highest BCUT2D eigenvalue weighted by molar-refractivity contribution is 8.18. The molecule has 0 bridgehead atoms. The van der Waals surface area contributed by atoms with Gasteiger partial charge in [-0.05, 0) is 42.1 Å². The second kappa shape index (κ2) is 7.07. The van der Waals surface area contributed by atoms with Gasteiger partial charge < -0.3 is 4.57 Å².